The smallest absolute Gasteiger partial charge is 0.416 e. The average Bonchev–Trinajstić information content (AvgIpc) is 3.47. The summed E-state index contributed by atoms with van der Waals surface area (Å²) in [5.74, 6) is -2.10. The van der Waals surface area contributed by atoms with E-state index in [2.05, 4.69) is 21.1 Å². The molecule has 1 aromatic heterocycles. The molecule has 0 radical (unpaired) electrons. The van der Waals surface area contributed by atoms with Crippen molar-refractivity contribution in [2.75, 3.05) is 13.1 Å². The number of halogens is 1. The van der Waals surface area contributed by atoms with Gasteiger partial charge in [-0.25, -0.2) is 9.18 Å². The lowest BCUT2D eigenvalue weighted by atomic mass is 9.89. The van der Waals surface area contributed by atoms with Crippen molar-refractivity contribution < 1.29 is 32.8 Å². The van der Waals surface area contributed by atoms with Crippen molar-refractivity contribution in [3.8, 4) is 0 Å². The summed E-state index contributed by atoms with van der Waals surface area (Å²) in [6, 6.07) is 4.86. The predicted octanol–water partition coefficient (Wildman–Crippen LogP) is 1.68. The number of hydrogen-bond acceptors (Lipinski definition) is 8. The van der Waals surface area contributed by atoms with Crippen molar-refractivity contribution in [2.24, 2.45) is 5.92 Å². The van der Waals surface area contributed by atoms with E-state index >= 15 is 0 Å². The second-order valence-electron chi connectivity index (χ2n) is 9.59. The number of ether oxygens (including phenoxy) is 1. The van der Waals surface area contributed by atoms with Crippen molar-refractivity contribution in [3.63, 3.8) is 0 Å². The SMILES string of the molecule is CCN1C(=N)[C@H]([C@H](C[C@@H]2CCCNC2=O)NC(=O)[C@H](Cc2ccc(F)cc2)NC(=O)c2cc(C)on2)OC1=O. The Bertz CT molecular complexity index is 1250. The first-order valence-corrected chi connectivity index (χ1v) is 12.8. The molecule has 0 unspecified atom stereocenters. The number of hydrogen-bond donors (Lipinski definition) is 4. The van der Waals surface area contributed by atoms with Crippen LogP contribution in [0.5, 0.6) is 0 Å². The lowest BCUT2D eigenvalue weighted by Gasteiger charge is -2.30. The molecule has 4 atom stereocenters. The number of amidine groups is 1. The summed E-state index contributed by atoms with van der Waals surface area (Å²) >= 11 is 0. The normalized spacial score (nSPS) is 20.7. The van der Waals surface area contributed by atoms with Gasteiger partial charge in [-0.1, -0.05) is 17.3 Å². The monoisotopic (exact) mass is 542 g/mol. The highest BCUT2D eigenvalue weighted by Gasteiger charge is 2.44. The number of nitrogens with one attached hydrogen (secondary N) is 4. The molecule has 2 aliphatic heterocycles. The number of piperidine rings is 1. The molecule has 4 rings (SSSR count). The van der Waals surface area contributed by atoms with Crippen molar-refractivity contribution >= 4 is 29.7 Å². The number of carbonyl (C=O) groups excluding carboxylic acids is 4. The standard InChI is InChI=1S/C26H31FN6O6/c1-3-33-22(28)21(38-26(33)37)18(13-16-5-4-10-29-23(16)34)30-24(35)19(12-15-6-8-17(27)9-7-15)31-25(36)20-11-14(2)39-32-20/h6-9,11,16,18-19,21,28H,3-5,10,12-13H2,1-2H3,(H,29,34)(H,30,35)(H,31,36)/t16-,18-,19-,21-/m0/s1. The van der Waals surface area contributed by atoms with Crippen LogP contribution in [0.15, 0.2) is 34.9 Å². The Hall–Kier alpha value is -4.29. The van der Waals surface area contributed by atoms with Crippen LogP contribution in [-0.2, 0) is 20.7 Å². The van der Waals surface area contributed by atoms with E-state index in [-0.39, 0.29) is 36.8 Å². The van der Waals surface area contributed by atoms with Gasteiger partial charge in [0.15, 0.2) is 11.8 Å². The largest absolute Gasteiger partial charge is 0.435 e. The van der Waals surface area contributed by atoms with Gasteiger partial charge in [0.2, 0.25) is 11.8 Å². The molecule has 0 spiro atoms. The number of benzene rings is 1. The first kappa shape index (κ1) is 27.7. The van der Waals surface area contributed by atoms with Gasteiger partial charge in [0, 0.05) is 31.5 Å². The van der Waals surface area contributed by atoms with Crippen LogP contribution in [0.3, 0.4) is 0 Å². The van der Waals surface area contributed by atoms with Crippen molar-refractivity contribution in [3.05, 3.63) is 53.2 Å². The minimum Gasteiger partial charge on any atom is -0.435 e. The first-order chi connectivity index (χ1) is 18.7. The van der Waals surface area contributed by atoms with Crippen LogP contribution in [0.2, 0.25) is 0 Å². The first-order valence-electron chi connectivity index (χ1n) is 12.8. The summed E-state index contributed by atoms with van der Waals surface area (Å²) in [5, 5.41) is 20.4. The fourth-order valence-electron chi connectivity index (χ4n) is 4.73. The Labute approximate surface area is 224 Å². The third kappa shape index (κ3) is 6.59. The summed E-state index contributed by atoms with van der Waals surface area (Å²) in [6.07, 6.45) is -0.372. The zero-order valence-electron chi connectivity index (χ0n) is 21.7. The molecule has 12 nitrogen and oxygen atoms in total. The van der Waals surface area contributed by atoms with Gasteiger partial charge in [0.05, 0.1) is 6.04 Å². The molecular weight excluding hydrogens is 511 g/mol. The second kappa shape index (κ2) is 12.0. The highest BCUT2D eigenvalue weighted by atomic mass is 19.1. The van der Waals surface area contributed by atoms with E-state index < -0.39 is 47.8 Å². The summed E-state index contributed by atoms with van der Waals surface area (Å²) < 4.78 is 23.9. The zero-order chi connectivity index (χ0) is 28.1. The minimum atomic E-state index is -1.14. The number of aromatic nitrogens is 1. The van der Waals surface area contributed by atoms with Crippen LogP contribution in [0.25, 0.3) is 0 Å². The molecule has 3 heterocycles. The molecule has 13 heteroatoms. The maximum absolute atomic E-state index is 13.6. The minimum absolute atomic E-state index is 0.00824. The highest BCUT2D eigenvalue weighted by molar-refractivity contribution is 6.02. The Balaban J connectivity index is 1.58. The summed E-state index contributed by atoms with van der Waals surface area (Å²) in [7, 11) is 0. The molecule has 208 valence electrons. The number of amides is 4. The van der Waals surface area contributed by atoms with E-state index in [4.69, 9.17) is 14.7 Å². The molecule has 2 aliphatic rings. The summed E-state index contributed by atoms with van der Waals surface area (Å²) in [4.78, 5) is 52.5. The number of cyclic esters (lactones) is 1. The maximum atomic E-state index is 13.6. The number of nitrogens with zero attached hydrogens (tertiary/aromatic N) is 2. The maximum Gasteiger partial charge on any atom is 0.416 e. The molecule has 2 saturated heterocycles. The Morgan fingerprint density at radius 1 is 1.26 bits per heavy atom. The second-order valence-corrected chi connectivity index (χ2v) is 9.59. The van der Waals surface area contributed by atoms with Crippen LogP contribution in [-0.4, -0.2) is 71.0 Å². The van der Waals surface area contributed by atoms with Crippen LogP contribution in [0.1, 0.15) is 48.0 Å². The third-order valence-corrected chi connectivity index (χ3v) is 6.79. The average molecular weight is 543 g/mol. The van der Waals surface area contributed by atoms with Crippen molar-refractivity contribution in [2.45, 2.75) is 57.7 Å². The van der Waals surface area contributed by atoms with E-state index in [0.29, 0.717) is 24.3 Å². The van der Waals surface area contributed by atoms with Gasteiger partial charge in [-0.2, -0.15) is 0 Å². The molecule has 39 heavy (non-hydrogen) atoms. The molecule has 2 aromatic rings. The Kier molecular flexibility index (Phi) is 8.57. The summed E-state index contributed by atoms with van der Waals surface area (Å²) in [6.45, 7) is 4.08. The van der Waals surface area contributed by atoms with E-state index in [0.717, 1.165) is 11.3 Å². The van der Waals surface area contributed by atoms with Crippen LogP contribution in [0, 0.1) is 24.1 Å². The van der Waals surface area contributed by atoms with Crippen LogP contribution >= 0.6 is 0 Å². The lowest BCUT2D eigenvalue weighted by molar-refractivity contribution is -0.128. The third-order valence-electron chi connectivity index (χ3n) is 6.79. The molecule has 4 amide bonds. The van der Waals surface area contributed by atoms with Gasteiger partial charge < -0.3 is 25.2 Å². The Morgan fingerprint density at radius 3 is 2.62 bits per heavy atom. The van der Waals surface area contributed by atoms with E-state index in [1.807, 2.05) is 0 Å². The predicted molar refractivity (Wildman–Crippen MR) is 135 cm³/mol. The van der Waals surface area contributed by atoms with Crippen molar-refractivity contribution in [1.82, 2.24) is 26.0 Å². The number of aryl methyl sites for hydroxylation is 1. The van der Waals surface area contributed by atoms with Gasteiger partial charge in [-0.3, -0.25) is 24.7 Å². The van der Waals surface area contributed by atoms with Gasteiger partial charge in [0.25, 0.3) is 5.91 Å². The zero-order valence-corrected chi connectivity index (χ0v) is 21.7. The number of rotatable bonds is 10. The summed E-state index contributed by atoms with van der Waals surface area (Å²) in [5.41, 5.74) is 0.554. The topological polar surface area (TPSA) is 167 Å². The quantitative estimate of drug-likeness (QED) is 0.354. The van der Waals surface area contributed by atoms with E-state index in [1.165, 1.54) is 30.3 Å². The van der Waals surface area contributed by atoms with Gasteiger partial charge >= 0.3 is 6.09 Å². The molecular formula is C26H31FN6O6. The van der Waals surface area contributed by atoms with E-state index in [1.54, 1.807) is 13.8 Å². The highest BCUT2D eigenvalue weighted by Crippen LogP contribution is 2.24. The molecule has 2 fully saturated rings. The lowest BCUT2D eigenvalue weighted by Crippen LogP contribution is -2.56. The fraction of sp³-hybridized carbons (Fsp3) is 0.462. The van der Waals surface area contributed by atoms with Gasteiger partial charge in [-0.15, -0.1) is 0 Å². The molecule has 0 bridgehead atoms. The fourth-order valence-corrected chi connectivity index (χ4v) is 4.73. The van der Waals surface area contributed by atoms with E-state index in [9.17, 15) is 23.6 Å². The molecule has 4 N–H and O–H groups in total. The van der Waals surface area contributed by atoms with Gasteiger partial charge in [0.1, 0.15) is 23.5 Å². The molecule has 1 aromatic carbocycles. The van der Waals surface area contributed by atoms with Gasteiger partial charge in [-0.05, 0) is 50.8 Å². The number of likely N-dealkylation sites (N-methyl/N-ethyl adjacent to an activating group) is 1. The number of carbonyl (C=O) groups is 4. The van der Waals surface area contributed by atoms with Crippen LogP contribution < -0.4 is 16.0 Å². The van der Waals surface area contributed by atoms with Crippen LogP contribution in [0.4, 0.5) is 9.18 Å². The van der Waals surface area contributed by atoms with Crippen molar-refractivity contribution in [1.29, 1.82) is 5.41 Å². The Morgan fingerprint density at radius 2 is 2.00 bits per heavy atom. The molecule has 0 aliphatic carbocycles. The molecule has 0 saturated carbocycles.